The van der Waals surface area contributed by atoms with Crippen LogP contribution < -0.4 is 5.32 Å². The maximum atomic E-state index is 12.3. The van der Waals surface area contributed by atoms with Gasteiger partial charge in [0, 0.05) is 5.69 Å². The Morgan fingerprint density at radius 2 is 1.36 bits per heavy atom. The number of carbonyl (C=O) groups is 4. The third-order valence-corrected chi connectivity index (χ3v) is 3.68. The van der Waals surface area contributed by atoms with E-state index in [0.717, 1.165) is 4.90 Å². The zero-order valence-corrected chi connectivity index (χ0v) is 13.2. The predicted octanol–water partition coefficient (Wildman–Crippen LogP) is 1.62. The highest BCUT2D eigenvalue weighted by Gasteiger charge is 2.45. The fraction of sp³-hybridized carbons (Fsp3) is 0.111. The number of hydrogen-bond donors (Lipinski definition) is 1. The van der Waals surface area contributed by atoms with Gasteiger partial charge in [-0.15, -0.1) is 0 Å². The normalized spacial score (nSPS) is 14.2. The molecule has 1 heterocycles. The summed E-state index contributed by atoms with van der Waals surface area (Å²) in [7, 11) is 0. The molecule has 1 aliphatic heterocycles. The molecule has 0 aliphatic carbocycles. The Morgan fingerprint density at radius 1 is 0.800 bits per heavy atom. The molecule has 1 fully saturated rings. The van der Waals surface area contributed by atoms with Crippen LogP contribution in [0.3, 0.4) is 0 Å². The maximum Gasteiger partial charge on any atom is 0.335 e. The van der Waals surface area contributed by atoms with E-state index >= 15 is 0 Å². The molecule has 2 aromatic rings. The van der Waals surface area contributed by atoms with Gasteiger partial charge in [0.25, 0.3) is 0 Å². The summed E-state index contributed by atoms with van der Waals surface area (Å²) in [4.78, 5) is 50.0. The molecular weight excluding hydrogens is 322 g/mol. The first-order chi connectivity index (χ1) is 12.1. The monoisotopic (exact) mass is 337 g/mol. The molecule has 0 unspecified atom stereocenters. The van der Waals surface area contributed by atoms with Crippen molar-refractivity contribution < 1.29 is 19.2 Å². The average Bonchev–Trinajstić information content (AvgIpc) is 2.81. The smallest absolute Gasteiger partial charge is 0.325 e. The van der Waals surface area contributed by atoms with Crippen LogP contribution in [0.4, 0.5) is 10.5 Å². The van der Waals surface area contributed by atoms with Gasteiger partial charge in [-0.3, -0.25) is 19.3 Å². The molecule has 1 N–H and O–H groups in total. The lowest BCUT2D eigenvalue weighted by atomic mass is 10.2. The molecule has 126 valence electrons. The Morgan fingerprint density at radius 3 is 2.00 bits per heavy atom. The van der Waals surface area contributed by atoms with Crippen molar-refractivity contribution in [3.8, 4) is 0 Å². The minimum absolute atomic E-state index is 0.0128. The Hall–Kier alpha value is -3.48. The quantitative estimate of drug-likeness (QED) is 0.663. The molecule has 0 saturated carbocycles. The highest BCUT2D eigenvalue weighted by Crippen LogP contribution is 2.16. The van der Waals surface area contributed by atoms with Crippen LogP contribution >= 0.6 is 0 Å². The van der Waals surface area contributed by atoms with Gasteiger partial charge in [-0.2, -0.15) is 0 Å². The zero-order valence-electron chi connectivity index (χ0n) is 13.2. The lowest BCUT2D eigenvalue weighted by Gasteiger charge is -2.15. The minimum atomic E-state index is -0.996. The van der Waals surface area contributed by atoms with Crippen molar-refractivity contribution in [2.45, 2.75) is 6.54 Å². The molecule has 2 aromatic carbocycles. The summed E-state index contributed by atoms with van der Waals surface area (Å²) in [5.74, 6) is -2.48. The van der Waals surface area contributed by atoms with Gasteiger partial charge in [0.05, 0.1) is 6.54 Å². The molecule has 1 saturated heterocycles. The molecule has 0 bridgehead atoms. The van der Waals surface area contributed by atoms with Gasteiger partial charge in [-0.1, -0.05) is 48.5 Å². The minimum Gasteiger partial charge on any atom is -0.325 e. The van der Waals surface area contributed by atoms with Crippen molar-refractivity contribution in [2.75, 3.05) is 11.9 Å². The Kier molecular flexibility index (Phi) is 4.56. The third kappa shape index (κ3) is 3.55. The molecule has 1 aliphatic rings. The topological polar surface area (TPSA) is 86.8 Å². The van der Waals surface area contributed by atoms with Crippen LogP contribution in [0.15, 0.2) is 60.7 Å². The van der Waals surface area contributed by atoms with E-state index in [4.69, 9.17) is 0 Å². The molecule has 0 atom stereocenters. The molecule has 7 heteroatoms. The summed E-state index contributed by atoms with van der Waals surface area (Å²) in [5, 5.41) is 2.57. The molecule has 3 rings (SSSR count). The maximum absolute atomic E-state index is 12.3. The van der Waals surface area contributed by atoms with Crippen molar-refractivity contribution in [2.24, 2.45) is 0 Å². The second-order valence-corrected chi connectivity index (χ2v) is 5.46. The van der Waals surface area contributed by atoms with Crippen molar-refractivity contribution >= 4 is 29.4 Å². The van der Waals surface area contributed by atoms with E-state index < -0.39 is 30.3 Å². The predicted molar refractivity (Wildman–Crippen MR) is 89.2 cm³/mol. The van der Waals surface area contributed by atoms with E-state index in [9.17, 15) is 19.2 Å². The fourth-order valence-electron chi connectivity index (χ4n) is 2.46. The van der Waals surface area contributed by atoms with Crippen molar-refractivity contribution in [1.82, 2.24) is 9.80 Å². The Labute approximate surface area is 143 Å². The summed E-state index contributed by atoms with van der Waals surface area (Å²) in [6.07, 6.45) is 0. The summed E-state index contributed by atoms with van der Waals surface area (Å²) >= 11 is 0. The molecule has 7 nitrogen and oxygen atoms in total. The van der Waals surface area contributed by atoms with Gasteiger partial charge in [0.2, 0.25) is 5.91 Å². The van der Waals surface area contributed by atoms with Crippen LogP contribution in [-0.2, 0) is 20.9 Å². The van der Waals surface area contributed by atoms with Crippen LogP contribution in [0, 0.1) is 0 Å². The zero-order chi connectivity index (χ0) is 17.8. The molecule has 0 aromatic heterocycles. The molecule has 0 spiro atoms. The van der Waals surface area contributed by atoms with E-state index in [1.807, 2.05) is 6.07 Å². The first-order valence-electron chi connectivity index (χ1n) is 7.62. The number of urea groups is 1. The lowest BCUT2D eigenvalue weighted by Crippen LogP contribution is -2.38. The second kappa shape index (κ2) is 6.96. The van der Waals surface area contributed by atoms with E-state index in [-0.39, 0.29) is 6.54 Å². The molecular formula is C18H15N3O4. The van der Waals surface area contributed by atoms with Crippen LogP contribution in [0.1, 0.15) is 5.56 Å². The number of carbonyl (C=O) groups excluding carboxylic acids is 4. The van der Waals surface area contributed by atoms with Gasteiger partial charge in [-0.05, 0) is 17.7 Å². The van der Waals surface area contributed by atoms with Crippen LogP contribution in [0.2, 0.25) is 0 Å². The number of nitrogens with one attached hydrogen (secondary N) is 1. The summed E-state index contributed by atoms with van der Waals surface area (Å²) in [6, 6.07) is 16.7. The number of rotatable bonds is 5. The SMILES string of the molecule is O=C(CN1C(=O)C(=O)N(Cc2ccccc2)C1=O)Nc1ccccc1. The first kappa shape index (κ1) is 16.4. The van der Waals surface area contributed by atoms with Crippen LogP contribution in [0.5, 0.6) is 0 Å². The number of para-hydroxylation sites is 1. The number of amides is 5. The van der Waals surface area contributed by atoms with Crippen molar-refractivity contribution in [3.63, 3.8) is 0 Å². The summed E-state index contributed by atoms with van der Waals surface area (Å²) in [6.45, 7) is -0.523. The summed E-state index contributed by atoms with van der Waals surface area (Å²) in [5.41, 5.74) is 1.26. The van der Waals surface area contributed by atoms with Crippen molar-refractivity contribution in [3.05, 3.63) is 66.2 Å². The number of imide groups is 2. The second-order valence-electron chi connectivity index (χ2n) is 5.46. The highest BCUT2D eigenvalue weighted by atomic mass is 16.2. The molecule has 0 radical (unpaired) electrons. The van der Waals surface area contributed by atoms with Crippen molar-refractivity contribution in [1.29, 1.82) is 0 Å². The summed E-state index contributed by atoms with van der Waals surface area (Å²) < 4.78 is 0. The standard InChI is InChI=1S/C18H15N3O4/c22-15(19-14-9-5-2-6-10-14)12-21-17(24)16(23)20(18(21)25)11-13-7-3-1-4-8-13/h1-10H,11-12H2,(H,19,22). The van der Waals surface area contributed by atoms with E-state index in [2.05, 4.69) is 5.32 Å². The van der Waals surface area contributed by atoms with E-state index in [1.165, 1.54) is 0 Å². The average molecular weight is 337 g/mol. The molecule has 25 heavy (non-hydrogen) atoms. The van der Waals surface area contributed by atoms with Crippen LogP contribution in [0.25, 0.3) is 0 Å². The molecule has 5 amide bonds. The van der Waals surface area contributed by atoms with Gasteiger partial charge in [-0.25, -0.2) is 9.69 Å². The van der Waals surface area contributed by atoms with Crippen LogP contribution in [-0.4, -0.2) is 40.1 Å². The number of anilines is 1. The van der Waals surface area contributed by atoms with Gasteiger partial charge < -0.3 is 5.32 Å². The first-order valence-corrected chi connectivity index (χ1v) is 7.62. The number of benzene rings is 2. The largest absolute Gasteiger partial charge is 0.335 e. The lowest BCUT2D eigenvalue weighted by molar-refractivity contribution is -0.143. The van der Waals surface area contributed by atoms with E-state index in [1.54, 1.807) is 54.6 Å². The Balaban J connectivity index is 1.68. The van der Waals surface area contributed by atoms with Gasteiger partial charge in [0.1, 0.15) is 6.54 Å². The van der Waals surface area contributed by atoms with Gasteiger partial charge in [0.15, 0.2) is 0 Å². The van der Waals surface area contributed by atoms with E-state index in [0.29, 0.717) is 16.2 Å². The van der Waals surface area contributed by atoms with Gasteiger partial charge >= 0.3 is 17.8 Å². The fourth-order valence-corrected chi connectivity index (χ4v) is 2.46. The highest BCUT2D eigenvalue weighted by molar-refractivity contribution is 6.45. The Bertz CT molecular complexity index is 821. The number of hydrogen-bond acceptors (Lipinski definition) is 4. The third-order valence-electron chi connectivity index (χ3n) is 3.68. The number of nitrogens with zero attached hydrogens (tertiary/aromatic N) is 2.